The predicted molar refractivity (Wildman–Crippen MR) is 130 cm³/mol. The van der Waals surface area contributed by atoms with Crippen LogP contribution in [0.1, 0.15) is 18.9 Å². The Bertz CT molecular complexity index is 827. The molecule has 10 heteroatoms. The van der Waals surface area contributed by atoms with Gasteiger partial charge in [0.2, 0.25) is 11.9 Å². The van der Waals surface area contributed by atoms with Crippen molar-refractivity contribution in [1.29, 1.82) is 0 Å². The van der Waals surface area contributed by atoms with Gasteiger partial charge in [-0.15, -0.1) is 24.0 Å². The SMILES string of the molecule is CCNC(=NCc1ccc(F)cc1)NCCC(=O)N1CCN(c2ncccn2)CC1.I. The van der Waals surface area contributed by atoms with Gasteiger partial charge in [-0.1, -0.05) is 12.1 Å². The van der Waals surface area contributed by atoms with E-state index in [-0.39, 0.29) is 35.7 Å². The number of carbonyl (C=O) groups is 1. The number of anilines is 1. The summed E-state index contributed by atoms with van der Waals surface area (Å²) in [5.74, 6) is 1.20. The third-order valence-corrected chi connectivity index (χ3v) is 4.78. The fraction of sp³-hybridized carbons (Fsp3) is 0.429. The number of rotatable bonds is 7. The molecule has 0 aliphatic carbocycles. The number of hydrogen-bond donors (Lipinski definition) is 2. The van der Waals surface area contributed by atoms with Crippen molar-refractivity contribution in [2.45, 2.75) is 19.9 Å². The van der Waals surface area contributed by atoms with Crippen LogP contribution >= 0.6 is 24.0 Å². The number of nitrogens with zero attached hydrogens (tertiary/aromatic N) is 5. The van der Waals surface area contributed by atoms with Gasteiger partial charge >= 0.3 is 0 Å². The maximum absolute atomic E-state index is 13.0. The molecular formula is C21H29FIN7O. The molecule has 1 amide bonds. The number of nitrogens with one attached hydrogen (secondary N) is 2. The van der Waals surface area contributed by atoms with Crippen LogP contribution in [0.5, 0.6) is 0 Å². The molecule has 1 aliphatic heterocycles. The minimum Gasteiger partial charge on any atom is -0.357 e. The second kappa shape index (κ2) is 13.0. The Balaban J connectivity index is 0.00000341. The van der Waals surface area contributed by atoms with E-state index in [0.717, 1.165) is 18.7 Å². The van der Waals surface area contributed by atoms with Gasteiger partial charge in [-0.2, -0.15) is 0 Å². The minimum absolute atomic E-state index is 0. The minimum atomic E-state index is -0.261. The van der Waals surface area contributed by atoms with Crippen LogP contribution in [0.4, 0.5) is 10.3 Å². The molecule has 2 heterocycles. The molecular weight excluding hydrogens is 512 g/mol. The number of aromatic nitrogens is 2. The van der Waals surface area contributed by atoms with Crippen LogP contribution in [0.3, 0.4) is 0 Å². The topological polar surface area (TPSA) is 85.8 Å². The maximum atomic E-state index is 13.0. The lowest BCUT2D eigenvalue weighted by molar-refractivity contribution is -0.131. The van der Waals surface area contributed by atoms with Gasteiger partial charge in [-0.3, -0.25) is 4.79 Å². The third-order valence-electron chi connectivity index (χ3n) is 4.78. The first-order valence-electron chi connectivity index (χ1n) is 10.2. The fourth-order valence-corrected chi connectivity index (χ4v) is 3.16. The van der Waals surface area contributed by atoms with Gasteiger partial charge in [0.25, 0.3) is 0 Å². The maximum Gasteiger partial charge on any atom is 0.225 e. The molecule has 0 saturated carbocycles. The zero-order chi connectivity index (χ0) is 21.2. The van der Waals surface area contributed by atoms with Crippen LogP contribution in [0.25, 0.3) is 0 Å². The second-order valence-electron chi connectivity index (χ2n) is 6.92. The van der Waals surface area contributed by atoms with E-state index in [4.69, 9.17) is 0 Å². The highest BCUT2D eigenvalue weighted by Crippen LogP contribution is 2.10. The van der Waals surface area contributed by atoms with Crippen molar-refractivity contribution in [3.63, 3.8) is 0 Å². The molecule has 0 atom stereocenters. The number of guanidine groups is 1. The van der Waals surface area contributed by atoms with Crippen LogP contribution < -0.4 is 15.5 Å². The Hall–Kier alpha value is -2.50. The van der Waals surface area contributed by atoms with Gasteiger partial charge in [-0.25, -0.2) is 19.4 Å². The molecule has 2 aromatic rings. The first-order valence-corrected chi connectivity index (χ1v) is 10.2. The summed E-state index contributed by atoms with van der Waals surface area (Å²) in [5.41, 5.74) is 0.921. The van der Waals surface area contributed by atoms with Crippen LogP contribution in [0.15, 0.2) is 47.7 Å². The smallest absolute Gasteiger partial charge is 0.225 e. The lowest BCUT2D eigenvalue weighted by Crippen LogP contribution is -2.50. The van der Waals surface area contributed by atoms with E-state index >= 15 is 0 Å². The summed E-state index contributed by atoms with van der Waals surface area (Å²) in [4.78, 5) is 29.5. The van der Waals surface area contributed by atoms with Gasteiger partial charge in [-0.05, 0) is 30.7 Å². The third kappa shape index (κ3) is 7.93. The molecule has 31 heavy (non-hydrogen) atoms. The lowest BCUT2D eigenvalue weighted by atomic mass is 10.2. The number of amides is 1. The Kier molecular flexibility index (Phi) is 10.4. The zero-order valence-corrected chi connectivity index (χ0v) is 20.0. The predicted octanol–water partition coefficient (Wildman–Crippen LogP) is 2.03. The Labute approximate surface area is 199 Å². The zero-order valence-electron chi connectivity index (χ0n) is 17.6. The van der Waals surface area contributed by atoms with Crippen molar-refractivity contribution >= 4 is 41.8 Å². The summed E-state index contributed by atoms with van der Waals surface area (Å²) in [5, 5.41) is 6.35. The monoisotopic (exact) mass is 541 g/mol. The van der Waals surface area contributed by atoms with Gasteiger partial charge < -0.3 is 20.4 Å². The summed E-state index contributed by atoms with van der Waals surface area (Å²) in [6.45, 7) is 6.41. The number of halogens is 2. The summed E-state index contributed by atoms with van der Waals surface area (Å²) < 4.78 is 13.0. The van der Waals surface area contributed by atoms with E-state index in [9.17, 15) is 9.18 Å². The first-order chi connectivity index (χ1) is 14.7. The largest absolute Gasteiger partial charge is 0.357 e. The molecule has 1 fully saturated rings. The van der Waals surface area contributed by atoms with Gasteiger partial charge in [0.15, 0.2) is 5.96 Å². The van der Waals surface area contributed by atoms with Gasteiger partial charge in [0.05, 0.1) is 6.54 Å². The Morgan fingerprint density at radius 3 is 2.42 bits per heavy atom. The van der Waals surface area contributed by atoms with E-state index in [1.54, 1.807) is 30.6 Å². The van der Waals surface area contributed by atoms with Crippen molar-refractivity contribution in [2.24, 2.45) is 4.99 Å². The van der Waals surface area contributed by atoms with E-state index in [1.807, 2.05) is 11.8 Å². The van der Waals surface area contributed by atoms with E-state index in [1.165, 1.54) is 12.1 Å². The molecule has 1 aliphatic rings. The van der Waals surface area contributed by atoms with E-state index in [2.05, 4.69) is 30.5 Å². The quantitative estimate of drug-likeness (QED) is 0.317. The number of piperazine rings is 1. The molecule has 1 aromatic carbocycles. The lowest BCUT2D eigenvalue weighted by Gasteiger charge is -2.34. The highest BCUT2D eigenvalue weighted by molar-refractivity contribution is 14.0. The van der Waals surface area contributed by atoms with Crippen LogP contribution in [0, 0.1) is 5.82 Å². The molecule has 168 valence electrons. The molecule has 1 aromatic heterocycles. The highest BCUT2D eigenvalue weighted by atomic mass is 127. The molecule has 0 unspecified atom stereocenters. The van der Waals surface area contributed by atoms with E-state index in [0.29, 0.717) is 51.1 Å². The molecule has 8 nitrogen and oxygen atoms in total. The molecule has 0 spiro atoms. The van der Waals surface area contributed by atoms with Gasteiger partial charge in [0, 0.05) is 58.1 Å². The van der Waals surface area contributed by atoms with Gasteiger partial charge in [0.1, 0.15) is 5.82 Å². The summed E-state index contributed by atoms with van der Waals surface area (Å²) >= 11 is 0. The summed E-state index contributed by atoms with van der Waals surface area (Å²) in [6, 6.07) is 8.07. The van der Waals surface area contributed by atoms with Crippen molar-refractivity contribution in [3.8, 4) is 0 Å². The first kappa shape index (κ1) is 24.8. The average molecular weight is 541 g/mol. The fourth-order valence-electron chi connectivity index (χ4n) is 3.16. The molecule has 2 N–H and O–H groups in total. The van der Waals surface area contributed by atoms with Crippen molar-refractivity contribution in [3.05, 3.63) is 54.1 Å². The van der Waals surface area contributed by atoms with E-state index < -0.39 is 0 Å². The number of aliphatic imine (C=N–C) groups is 1. The standard InChI is InChI=1S/C21H28FN7O.HI/c1-2-23-20(27-16-17-4-6-18(22)7-5-17)24-11-8-19(30)28-12-14-29(15-13-28)21-25-9-3-10-26-21;/h3-7,9-10H,2,8,11-16H2,1H3,(H2,23,24,27);1H. The number of benzene rings is 1. The highest BCUT2D eigenvalue weighted by Gasteiger charge is 2.22. The second-order valence-corrected chi connectivity index (χ2v) is 6.92. The van der Waals surface area contributed by atoms with Crippen LogP contribution in [-0.4, -0.2) is 66.0 Å². The summed E-state index contributed by atoms with van der Waals surface area (Å²) in [7, 11) is 0. The number of carbonyl (C=O) groups excluding carboxylic acids is 1. The molecule has 3 rings (SSSR count). The molecule has 0 radical (unpaired) electrons. The Morgan fingerprint density at radius 2 is 1.77 bits per heavy atom. The van der Waals surface area contributed by atoms with Crippen molar-refractivity contribution in [2.75, 3.05) is 44.2 Å². The Morgan fingerprint density at radius 1 is 1.10 bits per heavy atom. The van der Waals surface area contributed by atoms with Crippen LogP contribution in [-0.2, 0) is 11.3 Å². The van der Waals surface area contributed by atoms with Crippen LogP contribution in [0.2, 0.25) is 0 Å². The average Bonchev–Trinajstić information content (AvgIpc) is 2.79. The summed E-state index contributed by atoms with van der Waals surface area (Å²) in [6.07, 6.45) is 3.85. The number of hydrogen-bond acceptors (Lipinski definition) is 5. The molecule has 0 bridgehead atoms. The van der Waals surface area contributed by atoms with Crippen molar-refractivity contribution in [1.82, 2.24) is 25.5 Å². The normalized spacial score (nSPS) is 14.1. The van der Waals surface area contributed by atoms with Crippen molar-refractivity contribution < 1.29 is 9.18 Å². The molecule has 1 saturated heterocycles.